The molecule has 0 spiro atoms. The first-order valence-corrected chi connectivity index (χ1v) is 4.93. The van der Waals surface area contributed by atoms with Crippen LogP contribution in [0.1, 0.15) is 6.23 Å². The van der Waals surface area contributed by atoms with Crippen LogP contribution in [-0.2, 0) is 4.74 Å². The molecule has 94 valence electrons. The minimum atomic E-state index is -2.03. The summed E-state index contributed by atoms with van der Waals surface area (Å²) in [5, 5.41) is 8.78. The molecule has 1 aromatic heterocycles. The van der Waals surface area contributed by atoms with E-state index in [1.165, 1.54) is 12.3 Å². The maximum Gasteiger partial charge on any atom is 0.351 e. The molecular formula is C9H11F2N3O3. The van der Waals surface area contributed by atoms with Crippen molar-refractivity contribution in [1.29, 1.82) is 0 Å². The minimum Gasteiger partial charge on any atom is -0.394 e. The van der Waals surface area contributed by atoms with Gasteiger partial charge in [-0.2, -0.15) is 4.98 Å². The van der Waals surface area contributed by atoms with Gasteiger partial charge in [0.05, 0.1) is 6.61 Å². The van der Waals surface area contributed by atoms with Crippen molar-refractivity contribution in [1.82, 2.24) is 9.55 Å². The normalized spacial score (nSPS) is 32.9. The topological polar surface area (TPSA) is 90.4 Å². The first kappa shape index (κ1) is 11.9. The third-order valence-corrected chi connectivity index (χ3v) is 2.55. The summed E-state index contributed by atoms with van der Waals surface area (Å²) in [6.45, 7) is -0.658. The van der Waals surface area contributed by atoms with E-state index in [4.69, 9.17) is 15.6 Å². The standard InChI is InChI=1S/C9H11F2N3O3/c10-6-4(3-15)17-8(7(6)11)14-2-1-5(12)13-9(14)16/h1-2,4,6-8,15H,3H2,(H2,12,13,16)/t4-,6-,7+,8-/m1/s1. The van der Waals surface area contributed by atoms with Crippen LogP contribution < -0.4 is 11.4 Å². The second-order valence-electron chi connectivity index (χ2n) is 3.68. The van der Waals surface area contributed by atoms with E-state index in [1.807, 2.05) is 0 Å². The van der Waals surface area contributed by atoms with Crippen LogP contribution in [0.25, 0.3) is 0 Å². The first-order valence-electron chi connectivity index (χ1n) is 4.93. The summed E-state index contributed by atoms with van der Waals surface area (Å²) in [4.78, 5) is 14.8. The van der Waals surface area contributed by atoms with E-state index >= 15 is 0 Å². The smallest absolute Gasteiger partial charge is 0.351 e. The monoisotopic (exact) mass is 247 g/mol. The number of rotatable bonds is 2. The fourth-order valence-corrected chi connectivity index (χ4v) is 1.67. The van der Waals surface area contributed by atoms with E-state index in [-0.39, 0.29) is 5.82 Å². The third kappa shape index (κ3) is 2.01. The molecule has 0 aliphatic carbocycles. The van der Waals surface area contributed by atoms with Crippen LogP contribution in [0.15, 0.2) is 17.1 Å². The van der Waals surface area contributed by atoms with Crippen molar-refractivity contribution in [2.75, 3.05) is 12.3 Å². The number of nitrogen functional groups attached to an aromatic ring is 1. The number of hydrogen-bond acceptors (Lipinski definition) is 5. The van der Waals surface area contributed by atoms with Gasteiger partial charge in [-0.25, -0.2) is 13.6 Å². The molecule has 0 amide bonds. The van der Waals surface area contributed by atoms with Crippen LogP contribution in [0.3, 0.4) is 0 Å². The van der Waals surface area contributed by atoms with Gasteiger partial charge in [0.2, 0.25) is 0 Å². The molecule has 4 atom stereocenters. The van der Waals surface area contributed by atoms with Gasteiger partial charge in [-0.05, 0) is 6.07 Å². The lowest BCUT2D eigenvalue weighted by molar-refractivity contribution is -0.0436. The fourth-order valence-electron chi connectivity index (χ4n) is 1.67. The van der Waals surface area contributed by atoms with Gasteiger partial charge in [0.25, 0.3) is 0 Å². The largest absolute Gasteiger partial charge is 0.394 e. The summed E-state index contributed by atoms with van der Waals surface area (Å²) in [5.74, 6) is -0.0184. The zero-order valence-corrected chi connectivity index (χ0v) is 8.66. The molecule has 8 heteroatoms. The molecule has 0 radical (unpaired) electrons. The number of halogens is 2. The van der Waals surface area contributed by atoms with Crippen LogP contribution >= 0.6 is 0 Å². The lowest BCUT2D eigenvalue weighted by Crippen LogP contribution is -2.32. The molecule has 1 fully saturated rings. The summed E-state index contributed by atoms with van der Waals surface area (Å²) in [6.07, 6.45) is -5.54. The number of nitrogens with zero attached hydrogens (tertiary/aromatic N) is 2. The summed E-state index contributed by atoms with van der Waals surface area (Å²) < 4.78 is 32.6. The van der Waals surface area contributed by atoms with Gasteiger partial charge < -0.3 is 15.6 Å². The number of alkyl halides is 2. The molecular weight excluding hydrogens is 236 g/mol. The van der Waals surface area contributed by atoms with Crippen molar-refractivity contribution in [3.63, 3.8) is 0 Å². The third-order valence-electron chi connectivity index (χ3n) is 2.55. The van der Waals surface area contributed by atoms with E-state index in [0.717, 1.165) is 4.57 Å². The molecule has 2 heterocycles. The van der Waals surface area contributed by atoms with Crippen LogP contribution in [-0.4, -0.2) is 39.7 Å². The van der Waals surface area contributed by atoms with Crippen LogP contribution in [0.5, 0.6) is 0 Å². The highest BCUT2D eigenvalue weighted by Gasteiger charge is 2.46. The molecule has 2 rings (SSSR count). The van der Waals surface area contributed by atoms with E-state index < -0.39 is 37.0 Å². The summed E-state index contributed by atoms with van der Waals surface area (Å²) >= 11 is 0. The number of ether oxygens (including phenoxy) is 1. The Kier molecular flexibility index (Phi) is 3.07. The SMILES string of the molecule is Nc1ccn([C@@H]2O[C@H](CO)[C@@H](F)[C@@H]2F)c(=O)n1. The lowest BCUT2D eigenvalue weighted by atomic mass is 10.2. The molecule has 6 nitrogen and oxygen atoms in total. The quantitative estimate of drug-likeness (QED) is 0.727. The zero-order chi connectivity index (χ0) is 12.6. The Balaban J connectivity index is 2.32. The molecule has 1 aliphatic rings. The molecule has 0 bridgehead atoms. The van der Waals surface area contributed by atoms with Gasteiger partial charge in [-0.15, -0.1) is 0 Å². The van der Waals surface area contributed by atoms with Crippen LogP contribution in [0.2, 0.25) is 0 Å². The summed E-state index contributed by atoms with van der Waals surface area (Å²) in [5.41, 5.74) is 4.44. The maximum absolute atomic E-state index is 13.6. The molecule has 3 N–H and O–H groups in total. The van der Waals surface area contributed by atoms with Gasteiger partial charge in [0.15, 0.2) is 18.6 Å². The highest BCUT2D eigenvalue weighted by Crippen LogP contribution is 2.32. The van der Waals surface area contributed by atoms with Crippen molar-refractivity contribution in [3.8, 4) is 0 Å². The van der Waals surface area contributed by atoms with Gasteiger partial charge in [-0.3, -0.25) is 4.57 Å². The molecule has 0 unspecified atom stereocenters. The Hall–Kier alpha value is -1.54. The van der Waals surface area contributed by atoms with Crippen molar-refractivity contribution in [3.05, 3.63) is 22.7 Å². The van der Waals surface area contributed by atoms with Crippen LogP contribution in [0.4, 0.5) is 14.6 Å². The highest BCUT2D eigenvalue weighted by molar-refractivity contribution is 5.23. The van der Waals surface area contributed by atoms with Gasteiger partial charge in [-0.1, -0.05) is 0 Å². The summed E-state index contributed by atoms with van der Waals surface area (Å²) in [7, 11) is 0. The van der Waals surface area contributed by atoms with Crippen LogP contribution in [0, 0.1) is 0 Å². The number of aromatic nitrogens is 2. The molecule has 0 saturated carbocycles. The van der Waals surface area contributed by atoms with Crippen molar-refractivity contribution >= 4 is 5.82 Å². The molecule has 1 saturated heterocycles. The number of aliphatic hydroxyl groups is 1. The average molecular weight is 247 g/mol. The number of hydrogen-bond donors (Lipinski definition) is 2. The maximum atomic E-state index is 13.6. The van der Waals surface area contributed by atoms with E-state index in [1.54, 1.807) is 0 Å². The first-order chi connectivity index (χ1) is 8.04. The number of aliphatic hydroxyl groups excluding tert-OH is 1. The van der Waals surface area contributed by atoms with E-state index in [9.17, 15) is 13.6 Å². The average Bonchev–Trinajstić information content (AvgIpc) is 2.57. The van der Waals surface area contributed by atoms with Gasteiger partial charge in [0, 0.05) is 6.20 Å². The second-order valence-corrected chi connectivity index (χ2v) is 3.68. The fraction of sp³-hybridized carbons (Fsp3) is 0.556. The van der Waals surface area contributed by atoms with Crippen molar-refractivity contribution < 1.29 is 18.6 Å². The Morgan fingerprint density at radius 1 is 1.53 bits per heavy atom. The zero-order valence-electron chi connectivity index (χ0n) is 8.66. The van der Waals surface area contributed by atoms with E-state index in [2.05, 4.69) is 4.98 Å². The minimum absolute atomic E-state index is 0.0184. The number of nitrogens with two attached hydrogens (primary N) is 1. The predicted molar refractivity (Wildman–Crippen MR) is 53.7 cm³/mol. The van der Waals surface area contributed by atoms with Crippen molar-refractivity contribution in [2.24, 2.45) is 0 Å². The Morgan fingerprint density at radius 2 is 2.24 bits per heavy atom. The van der Waals surface area contributed by atoms with E-state index in [0.29, 0.717) is 0 Å². The summed E-state index contributed by atoms with van der Waals surface area (Å²) in [6, 6.07) is 1.27. The Bertz CT molecular complexity index is 467. The molecule has 1 aromatic rings. The number of anilines is 1. The second kappa shape index (κ2) is 4.38. The Labute approximate surface area is 94.6 Å². The molecule has 17 heavy (non-hydrogen) atoms. The van der Waals surface area contributed by atoms with Crippen molar-refractivity contribution in [2.45, 2.75) is 24.7 Å². The lowest BCUT2D eigenvalue weighted by Gasteiger charge is -2.15. The van der Waals surface area contributed by atoms with Gasteiger partial charge >= 0.3 is 5.69 Å². The molecule has 0 aromatic carbocycles. The predicted octanol–water partition coefficient (Wildman–Crippen LogP) is -0.609. The van der Waals surface area contributed by atoms with Gasteiger partial charge in [0.1, 0.15) is 11.9 Å². The highest BCUT2D eigenvalue weighted by atomic mass is 19.2. The molecule has 1 aliphatic heterocycles. The Morgan fingerprint density at radius 3 is 2.76 bits per heavy atom.